The Hall–Kier alpha value is -2.54. The van der Waals surface area contributed by atoms with Crippen molar-refractivity contribution in [3.63, 3.8) is 0 Å². The molecule has 0 saturated carbocycles. The monoisotopic (exact) mass is 996 g/mol. The molecule has 5 heterocycles. The number of aliphatic hydroxyl groups excluding tert-OH is 3. The molecule has 3 aliphatic heterocycles. The highest BCUT2D eigenvalue weighted by Gasteiger charge is 2.56. The first-order valence-corrected chi connectivity index (χ1v) is 22.6. The number of benzene rings is 2. The molecular weight excluding hydrogens is 940 g/mol. The van der Waals surface area contributed by atoms with Crippen LogP contribution in [0.25, 0.3) is 0 Å². The summed E-state index contributed by atoms with van der Waals surface area (Å²) in [6, 6.07) is 20.3. The third kappa shape index (κ3) is 12.3. The van der Waals surface area contributed by atoms with Gasteiger partial charge in [0.15, 0.2) is 18.2 Å². The van der Waals surface area contributed by atoms with Crippen LogP contribution in [0.4, 0.5) is 0 Å². The van der Waals surface area contributed by atoms with Gasteiger partial charge in [-0.1, -0.05) is 50.7 Å². The van der Waals surface area contributed by atoms with Crippen LogP contribution in [0.1, 0.15) is 104 Å². The average Bonchev–Trinajstić information content (AvgIpc) is 3.94. The summed E-state index contributed by atoms with van der Waals surface area (Å²) in [5, 5.41) is 28.5. The minimum Gasteiger partial charge on any atom is -0.458 e. The van der Waals surface area contributed by atoms with E-state index in [-0.39, 0.29) is 19.4 Å². The first-order chi connectivity index (χ1) is 27.9. The lowest BCUT2D eigenvalue weighted by molar-refractivity contribution is -0.226. The molecule has 60 heavy (non-hydrogen) atoms. The van der Waals surface area contributed by atoms with Crippen molar-refractivity contribution in [2.24, 2.45) is 5.92 Å². The average molecular weight is 999 g/mol. The van der Waals surface area contributed by atoms with E-state index in [1.807, 2.05) is 50.2 Å². The number of esters is 2. The quantitative estimate of drug-likeness (QED) is 0.138. The van der Waals surface area contributed by atoms with Crippen LogP contribution in [0.2, 0.25) is 0 Å². The second-order valence-corrected chi connectivity index (χ2v) is 20.5. The van der Waals surface area contributed by atoms with E-state index in [1.165, 1.54) is 34.7 Å². The Morgan fingerprint density at radius 2 is 1.33 bits per heavy atom. The number of rotatable bonds is 9. The molecule has 0 amide bonds. The first-order valence-electron chi connectivity index (χ1n) is 19.4. The second kappa shape index (κ2) is 21.7. The van der Waals surface area contributed by atoms with E-state index in [2.05, 4.69) is 70.0 Å². The summed E-state index contributed by atoms with van der Waals surface area (Å²) in [6.45, 7) is 14.3. The Balaban J connectivity index is 0.000000251. The summed E-state index contributed by atoms with van der Waals surface area (Å²) >= 11 is 10.4. The minimum atomic E-state index is -0.963. The molecular formula is C45H58Br2O11S2. The lowest BCUT2D eigenvalue weighted by Gasteiger charge is -2.43. The van der Waals surface area contributed by atoms with Crippen molar-refractivity contribution in [3.05, 3.63) is 111 Å². The standard InChI is InChI=1S/C23H27BrO5S.C20H23BrO5S.CH4O.CH4/c1-12-6-7-17(10-18(12)11-19-8-9-20(24)30-19)22-23(29-16(5)26)21(28-15(4)25)13(2)14(3)27-22;1-10-4-5-11(8-12(10)9-13-6-7-14(21)27-13)15(22)17-16(23)18-19(24-17)26-20(2,3)25-18;1-2;/h6-10,13-14,21-23H,11H2,1-5H3;4-8,15-19,22-23H,9H2,1-3H3;2H,1H3;1H4/t13-,14-,21+,22?,23-;15?,16-,17+,18+,19+;;/m11../s1. The Labute approximate surface area is 378 Å². The fourth-order valence-electron chi connectivity index (χ4n) is 7.49. The van der Waals surface area contributed by atoms with Gasteiger partial charge in [-0.25, -0.2) is 0 Å². The molecule has 330 valence electrons. The van der Waals surface area contributed by atoms with E-state index < -0.39 is 66.7 Å². The second-order valence-electron chi connectivity index (χ2n) is 15.4. The SMILES string of the molecule is C.CC(=O)O[C@H]1[C@H](C)[C@@H](C)OC(c2ccc(C)c(Cc3ccc(Br)s3)c2)[C@@H]1OC(C)=O.CO.Cc1ccc(C(O)[C@@H]2O[C@H]3OC(C)(C)O[C@H]3[C@@H]2O)cc1Cc1ccc(Br)s1. The molecule has 2 aromatic heterocycles. The molecule has 2 aromatic carbocycles. The van der Waals surface area contributed by atoms with Crippen LogP contribution in [0.15, 0.2) is 68.2 Å². The topological polar surface area (TPSA) is 150 Å². The molecule has 3 N–H and O–H groups in total. The summed E-state index contributed by atoms with van der Waals surface area (Å²) in [4.78, 5) is 26.1. The Bertz CT molecular complexity index is 2050. The zero-order valence-corrected chi connectivity index (χ0v) is 39.4. The maximum Gasteiger partial charge on any atom is 0.303 e. The molecule has 0 bridgehead atoms. The van der Waals surface area contributed by atoms with Gasteiger partial charge >= 0.3 is 11.9 Å². The van der Waals surface area contributed by atoms with E-state index in [0.29, 0.717) is 0 Å². The molecule has 15 heteroatoms. The Morgan fingerprint density at radius 3 is 1.85 bits per heavy atom. The summed E-state index contributed by atoms with van der Waals surface area (Å²) in [5.74, 6) is -1.73. The fourth-order valence-corrected chi connectivity index (χ4v) is 10.5. The van der Waals surface area contributed by atoms with Gasteiger partial charge < -0.3 is 43.7 Å². The predicted molar refractivity (Wildman–Crippen MR) is 240 cm³/mol. The Kier molecular flexibility index (Phi) is 18.1. The number of fused-ring (bicyclic) bond motifs is 1. The van der Waals surface area contributed by atoms with E-state index >= 15 is 0 Å². The lowest BCUT2D eigenvalue weighted by Crippen LogP contribution is -2.52. The van der Waals surface area contributed by atoms with Crippen molar-refractivity contribution in [2.45, 2.75) is 137 Å². The van der Waals surface area contributed by atoms with Crippen molar-refractivity contribution in [1.82, 2.24) is 0 Å². The predicted octanol–water partition coefficient (Wildman–Crippen LogP) is 9.29. The van der Waals surface area contributed by atoms with Crippen molar-refractivity contribution >= 4 is 66.5 Å². The first kappa shape index (κ1) is 50.1. The molecule has 7 rings (SSSR count). The fraction of sp³-hybridized carbons (Fsp3) is 0.511. The van der Waals surface area contributed by atoms with E-state index in [4.69, 9.17) is 33.5 Å². The van der Waals surface area contributed by atoms with Crippen LogP contribution in [0.5, 0.6) is 0 Å². The zero-order chi connectivity index (χ0) is 43.3. The number of carbonyl (C=O) groups excluding carboxylic acids is 2. The lowest BCUT2D eigenvalue weighted by atomic mass is 9.85. The highest BCUT2D eigenvalue weighted by atomic mass is 79.9. The van der Waals surface area contributed by atoms with Crippen molar-refractivity contribution in [3.8, 4) is 0 Å². The van der Waals surface area contributed by atoms with Gasteiger partial charge in [-0.3, -0.25) is 9.59 Å². The Morgan fingerprint density at radius 1 is 0.800 bits per heavy atom. The molecule has 10 atom stereocenters. The largest absolute Gasteiger partial charge is 0.458 e. The molecule has 3 aliphatic rings. The summed E-state index contributed by atoms with van der Waals surface area (Å²) in [6.07, 6.45) is -4.31. The highest BCUT2D eigenvalue weighted by Crippen LogP contribution is 2.42. The smallest absolute Gasteiger partial charge is 0.303 e. The van der Waals surface area contributed by atoms with Crippen LogP contribution < -0.4 is 0 Å². The number of aryl methyl sites for hydroxylation is 2. The molecule has 2 unspecified atom stereocenters. The third-order valence-corrected chi connectivity index (χ3v) is 13.9. The summed E-state index contributed by atoms with van der Waals surface area (Å²) in [5.41, 5.74) is 6.29. The van der Waals surface area contributed by atoms with E-state index in [1.54, 1.807) is 36.5 Å². The van der Waals surface area contributed by atoms with Gasteiger partial charge in [0, 0.05) is 49.5 Å². The number of carbonyl (C=O) groups is 2. The van der Waals surface area contributed by atoms with Crippen LogP contribution >= 0.6 is 54.5 Å². The van der Waals surface area contributed by atoms with Gasteiger partial charge in [0.1, 0.15) is 36.6 Å². The molecule has 3 fully saturated rings. The summed E-state index contributed by atoms with van der Waals surface area (Å²) < 4.78 is 36.9. The number of halogens is 2. The molecule has 3 saturated heterocycles. The van der Waals surface area contributed by atoms with Crippen LogP contribution in [-0.4, -0.2) is 83.1 Å². The zero-order valence-electron chi connectivity index (χ0n) is 34.6. The number of hydrogen-bond donors (Lipinski definition) is 3. The molecule has 0 radical (unpaired) electrons. The van der Waals surface area contributed by atoms with E-state index in [0.717, 1.165) is 49.8 Å². The number of ether oxygens (including phenoxy) is 6. The van der Waals surface area contributed by atoms with Gasteiger partial charge in [-0.15, -0.1) is 22.7 Å². The summed E-state index contributed by atoms with van der Waals surface area (Å²) in [7, 11) is 1.00. The molecule has 0 aliphatic carbocycles. The third-order valence-electron chi connectivity index (χ3n) is 10.6. The molecule has 4 aromatic rings. The van der Waals surface area contributed by atoms with Crippen molar-refractivity contribution < 1.29 is 53.3 Å². The van der Waals surface area contributed by atoms with Gasteiger partial charge in [-0.05, 0) is 124 Å². The number of aliphatic hydroxyl groups is 3. The van der Waals surface area contributed by atoms with Crippen molar-refractivity contribution in [2.75, 3.05) is 7.11 Å². The van der Waals surface area contributed by atoms with Crippen LogP contribution in [-0.2, 0) is 50.9 Å². The van der Waals surface area contributed by atoms with Gasteiger partial charge in [-0.2, -0.15) is 0 Å². The van der Waals surface area contributed by atoms with Crippen molar-refractivity contribution in [1.29, 1.82) is 0 Å². The maximum absolute atomic E-state index is 11.9. The van der Waals surface area contributed by atoms with Crippen LogP contribution in [0.3, 0.4) is 0 Å². The van der Waals surface area contributed by atoms with Gasteiger partial charge in [0.25, 0.3) is 0 Å². The van der Waals surface area contributed by atoms with Gasteiger partial charge in [0.2, 0.25) is 0 Å². The molecule has 0 spiro atoms. The van der Waals surface area contributed by atoms with E-state index in [9.17, 15) is 19.8 Å². The molecule has 11 nitrogen and oxygen atoms in total. The minimum absolute atomic E-state index is 0. The number of thiophene rings is 2. The van der Waals surface area contributed by atoms with Gasteiger partial charge in [0.05, 0.1) is 13.7 Å². The normalized spacial score (nSPS) is 26.9. The highest BCUT2D eigenvalue weighted by molar-refractivity contribution is 9.11. The maximum atomic E-state index is 11.9. The van der Waals surface area contributed by atoms with Crippen LogP contribution in [0, 0.1) is 19.8 Å². The number of hydrogen-bond acceptors (Lipinski definition) is 13.